The average molecular weight is 218 g/mol. The lowest BCUT2D eigenvalue weighted by atomic mass is 10.2. The molecular formula is C10H18O3S. The van der Waals surface area contributed by atoms with E-state index in [-0.39, 0.29) is 11.8 Å². The van der Waals surface area contributed by atoms with Gasteiger partial charge in [-0.05, 0) is 25.5 Å². The van der Waals surface area contributed by atoms with Gasteiger partial charge in [-0.3, -0.25) is 4.79 Å². The molecular weight excluding hydrogens is 200 g/mol. The first-order valence-corrected chi connectivity index (χ1v) is 5.96. The topological polar surface area (TPSA) is 43.4 Å². The molecule has 4 heteroatoms. The summed E-state index contributed by atoms with van der Waals surface area (Å²) < 4.78 is 4.51. The average Bonchev–Trinajstić information content (AvgIpc) is 2.15. The van der Waals surface area contributed by atoms with E-state index in [2.05, 4.69) is 4.74 Å². The Morgan fingerprint density at radius 3 is 2.43 bits per heavy atom. The molecule has 0 aliphatic carbocycles. The van der Waals surface area contributed by atoms with E-state index in [0.29, 0.717) is 12.8 Å². The smallest absolute Gasteiger partial charge is 0.306 e. The predicted octanol–water partition coefficient (Wildman–Crippen LogP) is 2.04. The highest BCUT2D eigenvalue weighted by atomic mass is 32.2. The number of hydrogen-bond donors (Lipinski definition) is 0. The summed E-state index contributed by atoms with van der Waals surface area (Å²) in [7, 11) is 1.40. The van der Waals surface area contributed by atoms with Gasteiger partial charge in [-0.1, -0.05) is 0 Å². The van der Waals surface area contributed by atoms with Crippen LogP contribution in [0.5, 0.6) is 0 Å². The summed E-state index contributed by atoms with van der Waals surface area (Å²) in [5, 5.41) is 0. The number of ether oxygens (including phenoxy) is 1. The minimum atomic E-state index is -0.152. The number of carbonyl (C=O) groups excluding carboxylic acids is 2. The number of unbranched alkanes of at least 4 members (excludes halogenated alkanes) is 1. The number of esters is 1. The third-order valence-corrected chi connectivity index (χ3v) is 2.82. The number of thioether (sulfide) groups is 1. The lowest BCUT2D eigenvalue weighted by molar-refractivity contribution is -0.140. The summed E-state index contributed by atoms with van der Waals surface area (Å²) in [6.07, 6.45) is 3.16. The summed E-state index contributed by atoms with van der Waals surface area (Å²) in [6, 6.07) is 0. The summed E-state index contributed by atoms with van der Waals surface area (Å²) in [5.41, 5.74) is 0. The molecule has 0 atom stereocenters. The molecule has 0 saturated carbocycles. The second-order valence-corrected chi connectivity index (χ2v) is 4.32. The maximum absolute atomic E-state index is 10.7. The molecule has 0 aromatic rings. The second-order valence-electron chi connectivity index (χ2n) is 3.10. The van der Waals surface area contributed by atoms with Crippen LogP contribution in [0.1, 0.15) is 32.6 Å². The van der Waals surface area contributed by atoms with E-state index in [1.165, 1.54) is 7.11 Å². The van der Waals surface area contributed by atoms with E-state index in [1.807, 2.05) is 0 Å². The largest absolute Gasteiger partial charge is 0.469 e. The lowest BCUT2D eigenvalue weighted by Crippen LogP contribution is -2.01. The molecule has 0 heterocycles. The van der Waals surface area contributed by atoms with Gasteiger partial charge in [-0.15, -0.1) is 0 Å². The maximum atomic E-state index is 10.7. The van der Waals surface area contributed by atoms with Gasteiger partial charge in [0.2, 0.25) is 0 Å². The van der Waals surface area contributed by atoms with E-state index in [0.717, 1.165) is 24.3 Å². The quantitative estimate of drug-likeness (QED) is 0.462. The highest BCUT2D eigenvalue weighted by molar-refractivity contribution is 7.99. The zero-order chi connectivity index (χ0) is 10.8. The number of carbonyl (C=O) groups is 2. The van der Waals surface area contributed by atoms with Gasteiger partial charge >= 0.3 is 5.97 Å². The second kappa shape index (κ2) is 9.06. The van der Waals surface area contributed by atoms with Crippen molar-refractivity contribution < 1.29 is 14.3 Å². The van der Waals surface area contributed by atoms with Crippen molar-refractivity contribution in [1.29, 1.82) is 0 Å². The van der Waals surface area contributed by atoms with Gasteiger partial charge in [-0.2, -0.15) is 11.8 Å². The van der Waals surface area contributed by atoms with Crippen LogP contribution in [0.2, 0.25) is 0 Å². The molecule has 3 nitrogen and oxygen atoms in total. The Labute approximate surface area is 89.6 Å². The summed E-state index contributed by atoms with van der Waals surface area (Å²) in [6.45, 7) is 1.62. The van der Waals surface area contributed by atoms with Gasteiger partial charge in [0.15, 0.2) is 0 Å². The molecule has 0 aromatic carbocycles. The van der Waals surface area contributed by atoms with Crippen molar-refractivity contribution in [1.82, 2.24) is 0 Å². The Morgan fingerprint density at radius 2 is 1.86 bits per heavy atom. The van der Waals surface area contributed by atoms with Crippen molar-refractivity contribution in [2.75, 3.05) is 18.6 Å². The first-order chi connectivity index (χ1) is 6.66. The van der Waals surface area contributed by atoms with Crippen LogP contribution in [0.25, 0.3) is 0 Å². The van der Waals surface area contributed by atoms with Gasteiger partial charge in [0, 0.05) is 12.2 Å². The molecule has 0 fully saturated rings. The molecule has 14 heavy (non-hydrogen) atoms. The molecule has 0 rings (SSSR count). The van der Waals surface area contributed by atoms with Crippen molar-refractivity contribution in [3.8, 4) is 0 Å². The number of methoxy groups -OCH3 is 1. The Balaban J connectivity index is 3.06. The van der Waals surface area contributed by atoms with Crippen LogP contribution in [0.4, 0.5) is 0 Å². The minimum absolute atomic E-state index is 0.152. The van der Waals surface area contributed by atoms with Crippen LogP contribution in [0.3, 0.4) is 0 Å². The minimum Gasteiger partial charge on any atom is -0.469 e. The van der Waals surface area contributed by atoms with Crippen LogP contribution >= 0.6 is 11.8 Å². The summed E-state index contributed by atoms with van der Waals surface area (Å²) in [4.78, 5) is 21.3. The van der Waals surface area contributed by atoms with E-state index in [1.54, 1.807) is 18.7 Å². The Kier molecular flexibility index (Phi) is 8.73. The van der Waals surface area contributed by atoms with Crippen LogP contribution < -0.4 is 0 Å². The number of hydrogen-bond acceptors (Lipinski definition) is 4. The van der Waals surface area contributed by atoms with Crippen molar-refractivity contribution in [2.45, 2.75) is 32.6 Å². The van der Waals surface area contributed by atoms with E-state index in [4.69, 9.17) is 0 Å². The van der Waals surface area contributed by atoms with Gasteiger partial charge in [0.25, 0.3) is 0 Å². The molecule has 0 unspecified atom stereocenters. The molecule has 0 radical (unpaired) electrons. The third kappa shape index (κ3) is 9.58. The zero-order valence-corrected chi connectivity index (χ0v) is 9.69. The Morgan fingerprint density at radius 1 is 1.14 bits per heavy atom. The first-order valence-electron chi connectivity index (χ1n) is 4.81. The molecule has 0 aromatic heterocycles. The van der Waals surface area contributed by atoms with Gasteiger partial charge in [0.05, 0.1) is 13.5 Å². The van der Waals surface area contributed by atoms with Crippen LogP contribution in [-0.4, -0.2) is 30.4 Å². The van der Waals surface area contributed by atoms with Crippen molar-refractivity contribution in [2.24, 2.45) is 0 Å². The fraction of sp³-hybridized carbons (Fsp3) is 0.800. The molecule has 0 aliphatic rings. The van der Waals surface area contributed by atoms with Crippen molar-refractivity contribution >= 4 is 23.5 Å². The fourth-order valence-electron chi connectivity index (χ4n) is 0.938. The summed E-state index contributed by atoms with van der Waals surface area (Å²) in [5.74, 6) is 1.93. The Bertz CT molecular complexity index is 180. The molecule has 0 spiro atoms. The normalized spacial score (nSPS) is 9.86. The SMILES string of the molecule is COC(=O)CCSCCCCC(C)=O. The van der Waals surface area contributed by atoms with Crippen molar-refractivity contribution in [3.63, 3.8) is 0 Å². The number of rotatable bonds is 8. The molecule has 0 bridgehead atoms. The van der Waals surface area contributed by atoms with E-state index < -0.39 is 0 Å². The maximum Gasteiger partial charge on any atom is 0.306 e. The molecule has 82 valence electrons. The molecule has 0 N–H and O–H groups in total. The molecule has 0 saturated heterocycles. The third-order valence-electron chi connectivity index (χ3n) is 1.75. The number of Topliss-reactive ketones (excluding diaryl/α,β-unsaturated/α-hetero) is 1. The van der Waals surface area contributed by atoms with Crippen molar-refractivity contribution in [3.05, 3.63) is 0 Å². The highest BCUT2D eigenvalue weighted by Gasteiger charge is 1.99. The van der Waals surface area contributed by atoms with Crippen LogP contribution in [-0.2, 0) is 14.3 Å². The summed E-state index contributed by atoms with van der Waals surface area (Å²) >= 11 is 1.74. The zero-order valence-electron chi connectivity index (χ0n) is 8.88. The van der Waals surface area contributed by atoms with E-state index >= 15 is 0 Å². The fourth-order valence-corrected chi connectivity index (χ4v) is 1.86. The van der Waals surface area contributed by atoms with E-state index in [9.17, 15) is 9.59 Å². The standard InChI is InChI=1S/C10H18O3S/c1-9(11)5-3-4-7-14-8-6-10(12)13-2/h3-8H2,1-2H3. The Hall–Kier alpha value is -0.510. The lowest BCUT2D eigenvalue weighted by Gasteiger charge is -2.00. The predicted molar refractivity (Wildman–Crippen MR) is 58.5 cm³/mol. The van der Waals surface area contributed by atoms with Gasteiger partial charge in [-0.25, -0.2) is 0 Å². The first kappa shape index (κ1) is 13.5. The monoisotopic (exact) mass is 218 g/mol. The molecule has 0 amide bonds. The van der Waals surface area contributed by atoms with Crippen LogP contribution in [0.15, 0.2) is 0 Å². The number of ketones is 1. The highest BCUT2D eigenvalue weighted by Crippen LogP contribution is 2.08. The molecule has 0 aliphatic heterocycles. The van der Waals surface area contributed by atoms with Crippen LogP contribution in [0, 0.1) is 0 Å². The van der Waals surface area contributed by atoms with Gasteiger partial charge in [0.1, 0.15) is 5.78 Å². The van der Waals surface area contributed by atoms with Gasteiger partial charge < -0.3 is 9.53 Å².